The maximum absolute atomic E-state index is 12.1. The normalized spacial score (nSPS) is 22.8. The molecule has 0 bridgehead atoms. The second-order valence-electron chi connectivity index (χ2n) is 4.89. The van der Waals surface area contributed by atoms with Gasteiger partial charge in [-0.3, -0.25) is 4.79 Å². The molecule has 1 amide bonds. The minimum Gasteiger partial charge on any atom is -0.373 e. The van der Waals surface area contributed by atoms with Crippen LogP contribution in [0.3, 0.4) is 0 Å². The third-order valence-corrected chi connectivity index (χ3v) is 3.69. The first kappa shape index (κ1) is 13.1. The molecule has 2 unspecified atom stereocenters. The molecule has 1 aromatic rings. The van der Waals surface area contributed by atoms with Crippen molar-refractivity contribution in [2.45, 2.75) is 32.2 Å². The quantitative estimate of drug-likeness (QED) is 0.885. The van der Waals surface area contributed by atoms with Crippen molar-refractivity contribution in [3.8, 4) is 0 Å². The summed E-state index contributed by atoms with van der Waals surface area (Å²) in [5.41, 5.74) is 0.482. The molecule has 0 aliphatic heterocycles. The number of nitrogens with zero attached hydrogens (tertiary/aromatic N) is 1. The predicted molar refractivity (Wildman–Crippen MR) is 73.1 cm³/mol. The molecule has 1 aliphatic carbocycles. The number of carbonyl (C=O) groups is 1. The molecule has 98 valence electrons. The molecule has 1 aliphatic rings. The second kappa shape index (κ2) is 5.57. The molecule has 5 heteroatoms. The van der Waals surface area contributed by atoms with Gasteiger partial charge in [-0.15, -0.1) is 0 Å². The van der Waals surface area contributed by atoms with E-state index in [9.17, 15) is 4.79 Å². The van der Waals surface area contributed by atoms with E-state index in [0.717, 1.165) is 12.8 Å². The van der Waals surface area contributed by atoms with Crippen molar-refractivity contribution < 1.29 is 4.79 Å². The summed E-state index contributed by atoms with van der Waals surface area (Å²) in [5, 5.41) is 6.33. The molecule has 18 heavy (non-hydrogen) atoms. The van der Waals surface area contributed by atoms with Gasteiger partial charge < -0.3 is 10.6 Å². The van der Waals surface area contributed by atoms with Crippen molar-refractivity contribution >= 4 is 23.3 Å². The Balaban J connectivity index is 2.08. The van der Waals surface area contributed by atoms with Gasteiger partial charge in [0, 0.05) is 19.3 Å². The van der Waals surface area contributed by atoms with Crippen molar-refractivity contribution in [1.29, 1.82) is 0 Å². The standard InChI is InChI=1S/C13H18ClN3O/c1-8-3-4-9(5-8)17-13(18)10-6-12(15-2)16-7-11(10)14/h6-9H,3-5H2,1-2H3,(H,15,16)(H,17,18). The van der Waals surface area contributed by atoms with Gasteiger partial charge in [0.1, 0.15) is 5.82 Å². The van der Waals surface area contributed by atoms with Crippen LogP contribution in [0.25, 0.3) is 0 Å². The fraction of sp³-hybridized carbons (Fsp3) is 0.538. The van der Waals surface area contributed by atoms with Crippen LogP contribution in [-0.4, -0.2) is 24.0 Å². The Bertz CT molecular complexity index is 450. The first-order valence-corrected chi connectivity index (χ1v) is 6.62. The van der Waals surface area contributed by atoms with Gasteiger partial charge in [0.25, 0.3) is 5.91 Å². The van der Waals surface area contributed by atoms with Crippen molar-refractivity contribution in [2.75, 3.05) is 12.4 Å². The summed E-state index contributed by atoms with van der Waals surface area (Å²) in [6, 6.07) is 1.95. The van der Waals surface area contributed by atoms with E-state index < -0.39 is 0 Å². The highest BCUT2D eigenvalue weighted by Gasteiger charge is 2.24. The number of carbonyl (C=O) groups excluding carboxylic acids is 1. The van der Waals surface area contributed by atoms with E-state index in [1.807, 2.05) is 0 Å². The SMILES string of the molecule is CNc1cc(C(=O)NC2CCC(C)C2)c(Cl)cn1. The monoisotopic (exact) mass is 267 g/mol. The molecule has 1 heterocycles. The highest BCUT2D eigenvalue weighted by molar-refractivity contribution is 6.33. The molecule has 1 aromatic heterocycles. The smallest absolute Gasteiger partial charge is 0.253 e. The third kappa shape index (κ3) is 2.93. The first-order chi connectivity index (χ1) is 8.60. The van der Waals surface area contributed by atoms with E-state index in [-0.39, 0.29) is 11.9 Å². The number of rotatable bonds is 3. The summed E-state index contributed by atoms with van der Waals surface area (Å²) in [4.78, 5) is 16.2. The Morgan fingerprint density at radius 2 is 2.28 bits per heavy atom. The van der Waals surface area contributed by atoms with E-state index in [2.05, 4.69) is 22.5 Å². The molecular formula is C13H18ClN3O. The maximum atomic E-state index is 12.1. The lowest BCUT2D eigenvalue weighted by Gasteiger charge is -2.13. The van der Waals surface area contributed by atoms with Crippen LogP contribution in [0.15, 0.2) is 12.3 Å². The molecular weight excluding hydrogens is 250 g/mol. The number of aromatic nitrogens is 1. The van der Waals surface area contributed by atoms with Gasteiger partial charge >= 0.3 is 0 Å². The lowest BCUT2D eigenvalue weighted by Crippen LogP contribution is -2.33. The lowest BCUT2D eigenvalue weighted by molar-refractivity contribution is 0.0937. The van der Waals surface area contributed by atoms with Gasteiger partial charge in [-0.2, -0.15) is 0 Å². The molecule has 0 radical (unpaired) electrons. The van der Waals surface area contributed by atoms with Crippen LogP contribution in [0, 0.1) is 5.92 Å². The van der Waals surface area contributed by atoms with Gasteiger partial charge in [-0.05, 0) is 31.2 Å². The van der Waals surface area contributed by atoms with E-state index >= 15 is 0 Å². The number of hydrogen-bond acceptors (Lipinski definition) is 3. The molecule has 0 spiro atoms. The zero-order valence-electron chi connectivity index (χ0n) is 10.7. The molecule has 2 N–H and O–H groups in total. The predicted octanol–water partition coefficient (Wildman–Crippen LogP) is 2.70. The third-order valence-electron chi connectivity index (χ3n) is 3.39. The highest BCUT2D eigenvalue weighted by Crippen LogP contribution is 2.25. The van der Waals surface area contributed by atoms with Gasteiger partial charge in [0.15, 0.2) is 0 Å². The van der Waals surface area contributed by atoms with E-state index in [1.165, 1.54) is 12.6 Å². The average molecular weight is 268 g/mol. The molecule has 4 nitrogen and oxygen atoms in total. The van der Waals surface area contributed by atoms with Gasteiger partial charge in [0.05, 0.1) is 10.6 Å². The summed E-state index contributed by atoms with van der Waals surface area (Å²) in [7, 11) is 1.76. The van der Waals surface area contributed by atoms with Crippen molar-refractivity contribution in [1.82, 2.24) is 10.3 Å². The van der Waals surface area contributed by atoms with Gasteiger partial charge in [0.2, 0.25) is 0 Å². The van der Waals surface area contributed by atoms with Crippen LogP contribution in [0.4, 0.5) is 5.82 Å². The Kier molecular flexibility index (Phi) is 4.07. The van der Waals surface area contributed by atoms with E-state index in [1.54, 1.807) is 13.1 Å². The van der Waals surface area contributed by atoms with Crippen LogP contribution < -0.4 is 10.6 Å². The lowest BCUT2D eigenvalue weighted by atomic mass is 10.1. The average Bonchev–Trinajstić information content (AvgIpc) is 2.75. The zero-order chi connectivity index (χ0) is 13.1. The summed E-state index contributed by atoms with van der Waals surface area (Å²) < 4.78 is 0. The van der Waals surface area contributed by atoms with Gasteiger partial charge in [-0.25, -0.2) is 4.98 Å². The highest BCUT2D eigenvalue weighted by atomic mass is 35.5. The first-order valence-electron chi connectivity index (χ1n) is 6.24. The Morgan fingerprint density at radius 1 is 1.50 bits per heavy atom. The maximum Gasteiger partial charge on any atom is 0.253 e. The largest absolute Gasteiger partial charge is 0.373 e. The van der Waals surface area contributed by atoms with Crippen molar-refractivity contribution in [3.63, 3.8) is 0 Å². The number of halogens is 1. The fourth-order valence-electron chi connectivity index (χ4n) is 2.35. The molecule has 2 atom stereocenters. The molecule has 1 saturated carbocycles. The number of hydrogen-bond donors (Lipinski definition) is 2. The fourth-order valence-corrected chi connectivity index (χ4v) is 2.54. The summed E-state index contributed by atoms with van der Waals surface area (Å²) in [6.45, 7) is 2.21. The summed E-state index contributed by atoms with van der Waals surface area (Å²) in [5.74, 6) is 1.22. The van der Waals surface area contributed by atoms with E-state index in [4.69, 9.17) is 11.6 Å². The minimum atomic E-state index is -0.113. The summed E-state index contributed by atoms with van der Waals surface area (Å²) in [6.07, 6.45) is 4.78. The molecule has 0 saturated heterocycles. The topological polar surface area (TPSA) is 54.0 Å². The van der Waals surface area contributed by atoms with Crippen LogP contribution in [-0.2, 0) is 0 Å². The summed E-state index contributed by atoms with van der Waals surface area (Å²) >= 11 is 6.01. The van der Waals surface area contributed by atoms with Crippen LogP contribution in [0.1, 0.15) is 36.5 Å². The Labute approximate surface area is 112 Å². The van der Waals surface area contributed by atoms with Crippen LogP contribution >= 0.6 is 11.6 Å². The van der Waals surface area contributed by atoms with Crippen molar-refractivity contribution in [3.05, 3.63) is 22.8 Å². The Morgan fingerprint density at radius 3 is 2.89 bits per heavy atom. The zero-order valence-corrected chi connectivity index (χ0v) is 11.4. The van der Waals surface area contributed by atoms with E-state index in [0.29, 0.717) is 22.3 Å². The number of pyridine rings is 1. The number of nitrogens with one attached hydrogen (secondary N) is 2. The minimum absolute atomic E-state index is 0.113. The van der Waals surface area contributed by atoms with Crippen LogP contribution in [0.2, 0.25) is 5.02 Å². The van der Waals surface area contributed by atoms with Crippen molar-refractivity contribution in [2.24, 2.45) is 5.92 Å². The van der Waals surface area contributed by atoms with Crippen LogP contribution in [0.5, 0.6) is 0 Å². The second-order valence-corrected chi connectivity index (χ2v) is 5.30. The molecule has 2 rings (SSSR count). The number of anilines is 1. The molecule has 1 fully saturated rings. The molecule has 0 aromatic carbocycles. The van der Waals surface area contributed by atoms with Gasteiger partial charge in [-0.1, -0.05) is 18.5 Å². The number of amides is 1. The Hall–Kier alpha value is -1.29.